The molecule has 5 rings (SSSR count). The average molecular weight is 500 g/mol. The molecule has 182 valence electrons. The summed E-state index contributed by atoms with van der Waals surface area (Å²) >= 11 is 0. The van der Waals surface area contributed by atoms with Gasteiger partial charge in [0.15, 0.2) is 11.4 Å². The van der Waals surface area contributed by atoms with Crippen molar-refractivity contribution < 1.29 is 36.6 Å². The van der Waals surface area contributed by atoms with Crippen molar-refractivity contribution in [2.75, 3.05) is 0 Å². The van der Waals surface area contributed by atoms with Gasteiger partial charge in [0.1, 0.15) is 11.5 Å². The fourth-order valence-corrected chi connectivity index (χ4v) is 4.03. The van der Waals surface area contributed by atoms with E-state index in [9.17, 15) is 36.6 Å². The van der Waals surface area contributed by atoms with Crippen LogP contribution in [0.3, 0.4) is 0 Å². The molecule has 0 aliphatic rings. The molecule has 0 amide bonds. The summed E-state index contributed by atoms with van der Waals surface area (Å²) in [6.45, 7) is 0. The maximum Gasteiger partial charge on any atom is 0.433 e. The van der Waals surface area contributed by atoms with E-state index in [0.717, 1.165) is 0 Å². The Hall–Kier alpha value is -4.34. The van der Waals surface area contributed by atoms with Crippen LogP contribution < -0.4 is 0 Å². The molecule has 0 radical (unpaired) electrons. The molecule has 0 bridgehead atoms. The van der Waals surface area contributed by atoms with E-state index < -0.39 is 23.7 Å². The minimum Gasteiger partial charge on any atom is -0.508 e. The van der Waals surface area contributed by atoms with Crippen LogP contribution in [0.1, 0.15) is 11.4 Å². The summed E-state index contributed by atoms with van der Waals surface area (Å²) in [6, 6.07) is 15.0. The van der Waals surface area contributed by atoms with Gasteiger partial charge in [-0.25, -0.2) is 9.97 Å². The van der Waals surface area contributed by atoms with Gasteiger partial charge < -0.3 is 10.2 Å². The molecule has 0 saturated carbocycles. The Morgan fingerprint density at radius 2 is 0.861 bits per heavy atom. The minimum absolute atomic E-state index is 0.0285. The highest BCUT2D eigenvalue weighted by Crippen LogP contribution is 2.41. The highest BCUT2D eigenvalue weighted by atomic mass is 19.4. The third kappa shape index (κ3) is 4.26. The van der Waals surface area contributed by atoms with Crippen LogP contribution in [0.15, 0.2) is 72.8 Å². The van der Waals surface area contributed by atoms with Crippen molar-refractivity contribution in [1.82, 2.24) is 9.97 Å². The summed E-state index contributed by atoms with van der Waals surface area (Å²) in [5.74, 6) is -0.306. The highest BCUT2D eigenvalue weighted by Gasteiger charge is 2.37. The molecule has 0 unspecified atom stereocenters. The van der Waals surface area contributed by atoms with Gasteiger partial charge in [-0.05, 0) is 59.7 Å². The standard InChI is InChI=1S/C26H14F6N2O2/c27-25(28,29)23-19(11-15-9-17(35)5-7-21(15)33-23)13-1-2-14(4-3-13)20-12-16-10-18(36)6-8-22(16)34-24(20)26(30,31)32/h1-12,35-36H. The molecule has 2 aromatic heterocycles. The maximum absolute atomic E-state index is 13.8. The zero-order valence-electron chi connectivity index (χ0n) is 18.0. The summed E-state index contributed by atoms with van der Waals surface area (Å²) in [7, 11) is 0. The number of nitrogens with zero attached hydrogens (tertiary/aromatic N) is 2. The van der Waals surface area contributed by atoms with E-state index in [0.29, 0.717) is 0 Å². The quantitative estimate of drug-likeness (QED) is 0.246. The molecule has 2 heterocycles. The lowest BCUT2D eigenvalue weighted by molar-refractivity contribution is -0.141. The van der Waals surface area contributed by atoms with Crippen molar-refractivity contribution in [2.24, 2.45) is 0 Å². The zero-order chi connectivity index (χ0) is 25.8. The summed E-state index contributed by atoms with van der Waals surface area (Å²) in [6.07, 6.45) is -9.60. The first kappa shape index (κ1) is 23.4. The van der Waals surface area contributed by atoms with E-state index >= 15 is 0 Å². The first-order chi connectivity index (χ1) is 16.9. The molecule has 2 N–H and O–H groups in total. The summed E-state index contributed by atoms with van der Waals surface area (Å²) in [5, 5.41) is 19.9. The first-order valence-electron chi connectivity index (χ1n) is 10.4. The number of phenols is 2. The zero-order valence-corrected chi connectivity index (χ0v) is 18.0. The second-order valence-corrected chi connectivity index (χ2v) is 8.10. The van der Waals surface area contributed by atoms with E-state index in [1.54, 1.807) is 0 Å². The topological polar surface area (TPSA) is 66.2 Å². The SMILES string of the molecule is Oc1ccc2nc(C(F)(F)F)c(-c3ccc(-c4cc5cc(O)ccc5nc4C(F)(F)F)cc3)cc2c1. The van der Waals surface area contributed by atoms with Gasteiger partial charge in [0, 0.05) is 21.9 Å². The lowest BCUT2D eigenvalue weighted by atomic mass is 9.96. The van der Waals surface area contributed by atoms with Gasteiger partial charge in [-0.1, -0.05) is 24.3 Å². The molecule has 4 nitrogen and oxygen atoms in total. The fourth-order valence-electron chi connectivity index (χ4n) is 4.03. The van der Waals surface area contributed by atoms with Gasteiger partial charge in [0.2, 0.25) is 0 Å². The molecular formula is C26H14F6N2O2. The number of phenolic OH excluding ortho intramolecular Hbond substituents is 2. The molecule has 36 heavy (non-hydrogen) atoms. The van der Waals surface area contributed by atoms with Crippen LogP contribution in [0.4, 0.5) is 26.3 Å². The second-order valence-electron chi connectivity index (χ2n) is 8.10. The first-order valence-corrected chi connectivity index (χ1v) is 10.4. The molecule has 0 aliphatic heterocycles. The van der Waals surface area contributed by atoms with E-state index in [2.05, 4.69) is 9.97 Å². The number of aromatic nitrogens is 2. The van der Waals surface area contributed by atoms with Crippen molar-refractivity contribution in [3.05, 3.63) is 84.2 Å². The molecule has 0 spiro atoms. The molecule has 0 atom stereocenters. The number of hydrogen-bond acceptors (Lipinski definition) is 4. The number of fused-ring (bicyclic) bond motifs is 2. The highest BCUT2D eigenvalue weighted by molar-refractivity contribution is 5.88. The van der Waals surface area contributed by atoms with E-state index in [1.807, 2.05) is 0 Å². The van der Waals surface area contributed by atoms with Crippen LogP contribution in [0.5, 0.6) is 11.5 Å². The molecule has 5 aromatic rings. The number of halogens is 6. The van der Waals surface area contributed by atoms with E-state index in [4.69, 9.17) is 0 Å². The lowest BCUT2D eigenvalue weighted by Gasteiger charge is -2.16. The molecule has 0 aliphatic carbocycles. The normalized spacial score (nSPS) is 12.4. The van der Waals surface area contributed by atoms with Crippen LogP contribution in [0.25, 0.3) is 44.1 Å². The minimum atomic E-state index is -4.80. The second kappa shape index (κ2) is 8.11. The number of hydrogen-bond donors (Lipinski definition) is 2. The third-order valence-electron chi connectivity index (χ3n) is 5.64. The Kier molecular flexibility index (Phi) is 5.27. The van der Waals surface area contributed by atoms with Gasteiger partial charge in [0.05, 0.1) is 11.0 Å². The summed E-state index contributed by atoms with van der Waals surface area (Å²) in [5.41, 5.74) is -2.69. The summed E-state index contributed by atoms with van der Waals surface area (Å²) in [4.78, 5) is 7.43. The smallest absolute Gasteiger partial charge is 0.433 e. The van der Waals surface area contributed by atoms with Gasteiger partial charge >= 0.3 is 12.4 Å². The molecule has 0 fully saturated rings. The number of benzene rings is 3. The Labute approximate surface area is 199 Å². The van der Waals surface area contributed by atoms with E-state index in [1.165, 1.54) is 72.8 Å². The Balaban J connectivity index is 1.67. The summed E-state index contributed by atoms with van der Waals surface area (Å²) < 4.78 is 82.7. The predicted octanol–water partition coefficient (Wildman–Crippen LogP) is 7.57. The van der Waals surface area contributed by atoms with E-state index in [-0.39, 0.29) is 55.6 Å². The number of alkyl halides is 6. The van der Waals surface area contributed by atoms with Crippen molar-refractivity contribution in [1.29, 1.82) is 0 Å². The van der Waals surface area contributed by atoms with Crippen LogP contribution in [-0.2, 0) is 12.4 Å². The van der Waals surface area contributed by atoms with Gasteiger partial charge in [0.25, 0.3) is 0 Å². The average Bonchev–Trinajstić information content (AvgIpc) is 2.81. The van der Waals surface area contributed by atoms with Crippen molar-refractivity contribution >= 4 is 21.8 Å². The third-order valence-corrected chi connectivity index (χ3v) is 5.64. The van der Waals surface area contributed by atoms with Gasteiger partial charge in [-0.15, -0.1) is 0 Å². The number of rotatable bonds is 2. The van der Waals surface area contributed by atoms with Crippen molar-refractivity contribution in [3.63, 3.8) is 0 Å². The Morgan fingerprint density at radius 3 is 1.19 bits per heavy atom. The predicted molar refractivity (Wildman–Crippen MR) is 121 cm³/mol. The largest absolute Gasteiger partial charge is 0.508 e. The Bertz CT molecular complexity index is 1510. The fraction of sp³-hybridized carbons (Fsp3) is 0.0769. The van der Waals surface area contributed by atoms with Crippen molar-refractivity contribution in [2.45, 2.75) is 12.4 Å². The van der Waals surface area contributed by atoms with Crippen LogP contribution >= 0.6 is 0 Å². The van der Waals surface area contributed by atoms with Gasteiger partial charge in [-0.3, -0.25) is 0 Å². The molecular weight excluding hydrogens is 486 g/mol. The van der Waals surface area contributed by atoms with Crippen LogP contribution in [0.2, 0.25) is 0 Å². The number of aromatic hydroxyl groups is 2. The lowest BCUT2D eigenvalue weighted by Crippen LogP contribution is -2.11. The maximum atomic E-state index is 13.8. The Morgan fingerprint density at radius 1 is 0.500 bits per heavy atom. The monoisotopic (exact) mass is 500 g/mol. The molecule has 10 heteroatoms. The van der Waals surface area contributed by atoms with Crippen LogP contribution in [0, 0.1) is 0 Å². The van der Waals surface area contributed by atoms with Gasteiger partial charge in [-0.2, -0.15) is 26.3 Å². The van der Waals surface area contributed by atoms with Crippen molar-refractivity contribution in [3.8, 4) is 33.8 Å². The number of pyridine rings is 2. The molecule has 3 aromatic carbocycles. The van der Waals surface area contributed by atoms with Crippen LogP contribution in [-0.4, -0.2) is 20.2 Å². The molecule has 0 saturated heterocycles.